The van der Waals surface area contributed by atoms with Gasteiger partial charge in [0.25, 0.3) is 0 Å². The van der Waals surface area contributed by atoms with Gasteiger partial charge in [-0.1, -0.05) is 18.2 Å². The number of hydrogen-bond donors (Lipinski definition) is 2. The lowest BCUT2D eigenvalue weighted by atomic mass is 10.1. The van der Waals surface area contributed by atoms with E-state index in [4.69, 9.17) is 14.9 Å². The van der Waals surface area contributed by atoms with Gasteiger partial charge in [0.2, 0.25) is 0 Å². The molecule has 0 saturated heterocycles. The van der Waals surface area contributed by atoms with Crippen molar-refractivity contribution in [1.29, 1.82) is 0 Å². The van der Waals surface area contributed by atoms with Crippen molar-refractivity contribution in [1.82, 2.24) is 0 Å². The summed E-state index contributed by atoms with van der Waals surface area (Å²) in [7, 11) is 0. The highest BCUT2D eigenvalue weighted by Crippen LogP contribution is 2.24. The zero-order valence-electron chi connectivity index (χ0n) is 8.56. The van der Waals surface area contributed by atoms with Crippen LogP contribution in [0.4, 0.5) is 4.39 Å². The number of rotatable bonds is 5. The number of aliphatic hydroxyl groups is 2. The SMILES string of the molecule is CC(O)O[C@H](CCO)c1ccccc1F. The third-order valence-corrected chi connectivity index (χ3v) is 2.00. The summed E-state index contributed by atoms with van der Waals surface area (Å²) < 4.78 is 18.5. The standard InChI is InChI=1S/C11H15FO3/c1-8(14)15-11(6-7-13)9-4-2-3-5-10(9)12/h2-5,8,11,13-14H,6-7H2,1H3/t8?,11-/m1/s1. The van der Waals surface area contributed by atoms with E-state index in [2.05, 4.69) is 0 Å². The van der Waals surface area contributed by atoms with Gasteiger partial charge in [0.05, 0.1) is 6.10 Å². The average Bonchev–Trinajstić information content (AvgIpc) is 2.17. The van der Waals surface area contributed by atoms with E-state index in [1.165, 1.54) is 13.0 Å². The van der Waals surface area contributed by atoms with Crippen molar-refractivity contribution in [2.75, 3.05) is 6.61 Å². The van der Waals surface area contributed by atoms with E-state index in [-0.39, 0.29) is 13.0 Å². The normalized spacial score (nSPS) is 14.9. The quantitative estimate of drug-likeness (QED) is 0.732. The van der Waals surface area contributed by atoms with Gasteiger partial charge in [0.1, 0.15) is 5.82 Å². The van der Waals surface area contributed by atoms with Crippen LogP contribution >= 0.6 is 0 Å². The van der Waals surface area contributed by atoms with Crippen molar-refractivity contribution < 1.29 is 19.3 Å². The molecule has 0 spiro atoms. The minimum absolute atomic E-state index is 0.119. The van der Waals surface area contributed by atoms with Crippen LogP contribution in [0.2, 0.25) is 0 Å². The van der Waals surface area contributed by atoms with Crippen LogP contribution in [0.1, 0.15) is 25.0 Å². The third-order valence-electron chi connectivity index (χ3n) is 2.00. The molecule has 4 heteroatoms. The Balaban J connectivity index is 2.83. The van der Waals surface area contributed by atoms with Gasteiger partial charge in [0.15, 0.2) is 6.29 Å². The van der Waals surface area contributed by atoms with Gasteiger partial charge >= 0.3 is 0 Å². The molecule has 1 rings (SSSR count). The maximum absolute atomic E-state index is 13.4. The molecular weight excluding hydrogens is 199 g/mol. The first-order valence-corrected chi connectivity index (χ1v) is 4.84. The Hall–Kier alpha value is -0.970. The Bertz CT molecular complexity index is 302. The van der Waals surface area contributed by atoms with Gasteiger partial charge in [-0.2, -0.15) is 0 Å². The van der Waals surface area contributed by atoms with Crippen molar-refractivity contribution in [3.63, 3.8) is 0 Å². The average molecular weight is 214 g/mol. The van der Waals surface area contributed by atoms with E-state index in [0.29, 0.717) is 5.56 Å². The Morgan fingerprint density at radius 2 is 2.07 bits per heavy atom. The summed E-state index contributed by atoms with van der Waals surface area (Å²) >= 11 is 0. The summed E-state index contributed by atoms with van der Waals surface area (Å²) in [6.45, 7) is 1.33. The molecule has 3 nitrogen and oxygen atoms in total. The topological polar surface area (TPSA) is 49.7 Å². The lowest BCUT2D eigenvalue weighted by molar-refractivity contribution is -0.131. The molecule has 0 aromatic heterocycles. The molecule has 1 unspecified atom stereocenters. The summed E-state index contributed by atoms with van der Waals surface area (Å²) in [4.78, 5) is 0. The molecule has 0 saturated carbocycles. The van der Waals surface area contributed by atoms with Crippen LogP contribution in [-0.2, 0) is 4.74 Å². The highest BCUT2D eigenvalue weighted by atomic mass is 19.1. The van der Waals surface area contributed by atoms with E-state index < -0.39 is 18.2 Å². The molecule has 0 aliphatic rings. The molecule has 2 atom stereocenters. The van der Waals surface area contributed by atoms with Gasteiger partial charge < -0.3 is 14.9 Å². The van der Waals surface area contributed by atoms with Gasteiger partial charge in [-0.3, -0.25) is 0 Å². The van der Waals surface area contributed by atoms with E-state index in [0.717, 1.165) is 0 Å². The number of aliphatic hydroxyl groups excluding tert-OH is 2. The monoisotopic (exact) mass is 214 g/mol. The van der Waals surface area contributed by atoms with E-state index in [9.17, 15) is 4.39 Å². The first kappa shape index (κ1) is 12.1. The van der Waals surface area contributed by atoms with Crippen molar-refractivity contribution in [3.05, 3.63) is 35.6 Å². The molecule has 1 aromatic carbocycles. The second-order valence-electron chi connectivity index (χ2n) is 3.26. The minimum Gasteiger partial charge on any atom is -0.396 e. The molecule has 0 radical (unpaired) electrons. The molecular formula is C11H15FO3. The zero-order chi connectivity index (χ0) is 11.3. The molecule has 0 bridgehead atoms. The van der Waals surface area contributed by atoms with Gasteiger partial charge in [-0.25, -0.2) is 4.39 Å². The van der Waals surface area contributed by atoms with E-state index in [1.807, 2.05) is 0 Å². The Morgan fingerprint density at radius 1 is 1.40 bits per heavy atom. The molecule has 15 heavy (non-hydrogen) atoms. The number of benzene rings is 1. The predicted molar refractivity (Wildman–Crippen MR) is 53.6 cm³/mol. The molecule has 2 N–H and O–H groups in total. The minimum atomic E-state index is -0.985. The maximum atomic E-state index is 13.4. The number of ether oxygens (including phenoxy) is 1. The van der Waals surface area contributed by atoms with Crippen LogP contribution in [0.25, 0.3) is 0 Å². The van der Waals surface area contributed by atoms with E-state index >= 15 is 0 Å². The summed E-state index contributed by atoms with van der Waals surface area (Å²) in [6.07, 6.45) is -1.34. The van der Waals surface area contributed by atoms with Gasteiger partial charge in [-0.05, 0) is 13.0 Å². The Morgan fingerprint density at radius 3 is 2.60 bits per heavy atom. The fraction of sp³-hybridized carbons (Fsp3) is 0.455. The third kappa shape index (κ3) is 3.58. The summed E-state index contributed by atoms with van der Waals surface area (Å²) in [5.41, 5.74) is 0.354. The number of halogens is 1. The van der Waals surface area contributed by atoms with Crippen LogP contribution in [0.15, 0.2) is 24.3 Å². The highest BCUT2D eigenvalue weighted by Gasteiger charge is 2.17. The van der Waals surface area contributed by atoms with Crippen molar-refractivity contribution >= 4 is 0 Å². The van der Waals surface area contributed by atoms with Crippen LogP contribution in [0.3, 0.4) is 0 Å². The fourth-order valence-corrected chi connectivity index (χ4v) is 1.39. The molecule has 0 aliphatic heterocycles. The van der Waals surface area contributed by atoms with Crippen molar-refractivity contribution in [3.8, 4) is 0 Å². The van der Waals surface area contributed by atoms with Crippen LogP contribution in [0, 0.1) is 5.82 Å². The maximum Gasteiger partial charge on any atom is 0.152 e. The first-order chi connectivity index (χ1) is 7.15. The van der Waals surface area contributed by atoms with Crippen molar-refractivity contribution in [2.24, 2.45) is 0 Å². The lowest BCUT2D eigenvalue weighted by Crippen LogP contribution is -2.15. The molecule has 84 valence electrons. The van der Waals surface area contributed by atoms with Crippen LogP contribution in [0.5, 0.6) is 0 Å². The second-order valence-corrected chi connectivity index (χ2v) is 3.26. The van der Waals surface area contributed by atoms with Crippen molar-refractivity contribution in [2.45, 2.75) is 25.7 Å². The smallest absolute Gasteiger partial charge is 0.152 e. The fourth-order valence-electron chi connectivity index (χ4n) is 1.39. The molecule has 1 aromatic rings. The van der Waals surface area contributed by atoms with E-state index in [1.54, 1.807) is 18.2 Å². The Kier molecular flexibility index (Phi) is 4.68. The largest absolute Gasteiger partial charge is 0.396 e. The van der Waals surface area contributed by atoms with Gasteiger partial charge in [-0.15, -0.1) is 0 Å². The highest BCUT2D eigenvalue weighted by molar-refractivity contribution is 5.19. The molecule has 0 aliphatic carbocycles. The number of hydrogen-bond acceptors (Lipinski definition) is 3. The molecule has 0 heterocycles. The molecule has 0 amide bonds. The summed E-state index contributed by atoms with van der Waals surface area (Å²) in [5.74, 6) is -0.392. The summed E-state index contributed by atoms with van der Waals surface area (Å²) in [6, 6.07) is 6.18. The van der Waals surface area contributed by atoms with Gasteiger partial charge in [0, 0.05) is 18.6 Å². The second kappa shape index (κ2) is 5.80. The molecule has 0 fully saturated rings. The predicted octanol–water partition coefficient (Wildman–Crippen LogP) is 1.60. The Labute approximate surface area is 88.1 Å². The first-order valence-electron chi connectivity index (χ1n) is 4.84. The lowest BCUT2D eigenvalue weighted by Gasteiger charge is -2.19. The summed E-state index contributed by atoms with van der Waals surface area (Å²) in [5, 5.41) is 17.9. The van der Waals surface area contributed by atoms with Crippen LogP contribution in [-0.4, -0.2) is 23.1 Å². The zero-order valence-corrected chi connectivity index (χ0v) is 8.56. The van der Waals surface area contributed by atoms with Crippen LogP contribution < -0.4 is 0 Å².